The highest BCUT2D eigenvalue weighted by atomic mass is 79.9. The van der Waals surface area contributed by atoms with Crippen molar-refractivity contribution in [2.75, 3.05) is 6.54 Å². The summed E-state index contributed by atoms with van der Waals surface area (Å²) in [6, 6.07) is 3.89. The Morgan fingerprint density at radius 2 is 2.21 bits per heavy atom. The van der Waals surface area contributed by atoms with Crippen molar-refractivity contribution < 1.29 is 0 Å². The quantitative estimate of drug-likeness (QED) is 0.772. The van der Waals surface area contributed by atoms with Crippen LogP contribution in [0.4, 0.5) is 0 Å². The minimum absolute atomic E-state index is 0.00250. The molecule has 0 bridgehead atoms. The summed E-state index contributed by atoms with van der Waals surface area (Å²) >= 11 is 8.41. The Kier molecular flexibility index (Phi) is 5.38. The molecule has 0 aliphatic carbocycles. The molecule has 0 spiro atoms. The monoisotopic (exact) mass is 404 g/mol. The molecule has 102 valence electrons. The Morgan fingerprint density at radius 1 is 1.42 bits per heavy atom. The van der Waals surface area contributed by atoms with Gasteiger partial charge in [0.2, 0.25) is 0 Å². The van der Waals surface area contributed by atoms with Crippen LogP contribution >= 0.6 is 43.2 Å². The first kappa shape index (κ1) is 15.0. The first-order valence-corrected chi connectivity index (χ1v) is 8.33. The minimum atomic E-state index is -0.00250. The van der Waals surface area contributed by atoms with Crippen molar-refractivity contribution in [3.63, 3.8) is 0 Å². The molecule has 0 aliphatic heterocycles. The Labute approximate surface area is 132 Å². The zero-order valence-corrected chi connectivity index (χ0v) is 14.4. The second kappa shape index (κ2) is 6.83. The van der Waals surface area contributed by atoms with Crippen LogP contribution in [-0.2, 0) is 13.1 Å². The van der Waals surface area contributed by atoms with Gasteiger partial charge in [0.15, 0.2) is 0 Å². The predicted octanol–water partition coefficient (Wildman–Crippen LogP) is 3.53. The van der Waals surface area contributed by atoms with Gasteiger partial charge in [-0.05, 0) is 61.9 Å². The van der Waals surface area contributed by atoms with Crippen LogP contribution in [0.15, 0.2) is 37.4 Å². The third-order valence-corrected chi connectivity index (χ3v) is 4.82. The van der Waals surface area contributed by atoms with Crippen molar-refractivity contribution in [1.82, 2.24) is 9.88 Å². The molecule has 0 atom stereocenters. The molecule has 2 aromatic rings. The lowest BCUT2D eigenvalue weighted by molar-refractivity contribution is 0.585. The van der Waals surface area contributed by atoms with Gasteiger partial charge in [-0.2, -0.15) is 0 Å². The first-order chi connectivity index (χ1) is 9.08. The Balaban J connectivity index is 1.90. The highest BCUT2D eigenvalue weighted by Crippen LogP contribution is 2.15. The van der Waals surface area contributed by atoms with E-state index in [0.717, 1.165) is 17.6 Å². The van der Waals surface area contributed by atoms with Crippen molar-refractivity contribution >= 4 is 43.2 Å². The van der Waals surface area contributed by atoms with Gasteiger partial charge in [0, 0.05) is 35.2 Å². The number of nitrogens with zero attached hydrogens (tertiary/aromatic N) is 1. The third-order valence-electron chi connectivity index (χ3n) is 2.79. The van der Waals surface area contributed by atoms with Gasteiger partial charge >= 0.3 is 0 Å². The van der Waals surface area contributed by atoms with Crippen LogP contribution in [0.25, 0.3) is 0 Å². The van der Waals surface area contributed by atoms with E-state index < -0.39 is 0 Å². The molecule has 0 unspecified atom stereocenters. The van der Waals surface area contributed by atoms with E-state index in [-0.39, 0.29) is 5.56 Å². The molecule has 3 nitrogen and oxygen atoms in total. The summed E-state index contributed by atoms with van der Waals surface area (Å²) < 4.78 is 3.17. The van der Waals surface area contributed by atoms with E-state index in [0.29, 0.717) is 11.0 Å². The fourth-order valence-electron chi connectivity index (χ4n) is 1.72. The summed E-state index contributed by atoms with van der Waals surface area (Å²) in [6.07, 6.45) is 1.81. The highest BCUT2D eigenvalue weighted by Gasteiger charge is 2.03. The predicted molar refractivity (Wildman–Crippen MR) is 86.9 cm³/mol. The molecule has 1 N–H and O–H groups in total. The smallest absolute Gasteiger partial charge is 0.264 e. The summed E-state index contributed by atoms with van der Waals surface area (Å²) in [5.41, 5.74) is 1.32. The van der Waals surface area contributed by atoms with Gasteiger partial charge in [-0.3, -0.25) is 4.79 Å². The fraction of sp³-hybridized carbons (Fsp3) is 0.308. The molecule has 0 fully saturated rings. The summed E-state index contributed by atoms with van der Waals surface area (Å²) in [5, 5.41) is 5.46. The number of hydrogen-bond donors (Lipinski definition) is 1. The molecular formula is C13H14Br2N2OS. The number of pyridine rings is 1. The molecule has 6 heteroatoms. The third kappa shape index (κ3) is 4.02. The summed E-state index contributed by atoms with van der Waals surface area (Å²) in [7, 11) is 0. The van der Waals surface area contributed by atoms with Crippen LogP contribution in [0.2, 0.25) is 0 Å². The molecule has 0 amide bonds. The van der Waals surface area contributed by atoms with E-state index in [4.69, 9.17) is 0 Å². The average Bonchev–Trinajstić information content (AvgIpc) is 2.76. The normalized spacial score (nSPS) is 10.9. The molecule has 0 aromatic carbocycles. The van der Waals surface area contributed by atoms with Crippen LogP contribution in [0.3, 0.4) is 0 Å². The van der Waals surface area contributed by atoms with E-state index in [1.165, 1.54) is 10.4 Å². The number of halogens is 2. The molecule has 0 saturated carbocycles. The van der Waals surface area contributed by atoms with Gasteiger partial charge in [-0.1, -0.05) is 0 Å². The molecule has 0 radical (unpaired) electrons. The van der Waals surface area contributed by atoms with Gasteiger partial charge in [0.1, 0.15) is 0 Å². The van der Waals surface area contributed by atoms with Crippen molar-refractivity contribution in [3.05, 3.63) is 53.4 Å². The lowest BCUT2D eigenvalue weighted by atomic mass is 10.3. The SMILES string of the molecule is Cc1ccsc1CNCCn1cc(Br)cc(Br)c1=O. The maximum Gasteiger partial charge on any atom is 0.264 e. The van der Waals surface area contributed by atoms with Gasteiger partial charge in [-0.25, -0.2) is 0 Å². The summed E-state index contributed by atoms with van der Waals surface area (Å²) in [6.45, 7) is 4.39. The van der Waals surface area contributed by atoms with Crippen LogP contribution in [0, 0.1) is 6.92 Å². The molecule has 2 heterocycles. The van der Waals surface area contributed by atoms with E-state index >= 15 is 0 Å². The molecular weight excluding hydrogens is 392 g/mol. The number of nitrogens with one attached hydrogen (secondary N) is 1. The van der Waals surface area contributed by atoms with Crippen molar-refractivity contribution in [1.29, 1.82) is 0 Å². The lowest BCUT2D eigenvalue weighted by Gasteiger charge is -2.08. The number of aromatic nitrogens is 1. The van der Waals surface area contributed by atoms with Gasteiger partial charge in [0.25, 0.3) is 5.56 Å². The van der Waals surface area contributed by atoms with E-state index in [1.54, 1.807) is 22.0 Å². The summed E-state index contributed by atoms with van der Waals surface area (Å²) in [4.78, 5) is 13.2. The Morgan fingerprint density at radius 3 is 2.89 bits per heavy atom. The summed E-state index contributed by atoms with van der Waals surface area (Å²) in [5.74, 6) is 0. The number of aryl methyl sites for hydroxylation is 1. The van der Waals surface area contributed by atoms with E-state index in [1.807, 2.05) is 6.20 Å². The van der Waals surface area contributed by atoms with Crippen LogP contribution in [0.5, 0.6) is 0 Å². The number of thiophene rings is 1. The maximum atomic E-state index is 11.9. The van der Waals surface area contributed by atoms with Crippen LogP contribution in [-0.4, -0.2) is 11.1 Å². The van der Waals surface area contributed by atoms with Gasteiger partial charge in [0.05, 0.1) is 4.47 Å². The van der Waals surface area contributed by atoms with Crippen LogP contribution < -0.4 is 10.9 Å². The largest absolute Gasteiger partial charge is 0.312 e. The molecule has 0 saturated heterocycles. The standard InChI is InChI=1S/C13H14Br2N2OS/c1-9-2-5-19-12(9)7-16-3-4-17-8-10(14)6-11(15)13(17)18/h2,5-6,8,16H,3-4,7H2,1H3. The minimum Gasteiger partial charge on any atom is -0.312 e. The highest BCUT2D eigenvalue weighted by molar-refractivity contribution is 9.11. The van der Waals surface area contributed by atoms with Crippen LogP contribution in [0.1, 0.15) is 10.4 Å². The molecule has 19 heavy (non-hydrogen) atoms. The zero-order chi connectivity index (χ0) is 13.8. The molecule has 2 rings (SSSR count). The number of rotatable bonds is 5. The lowest BCUT2D eigenvalue weighted by Crippen LogP contribution is -2.26. The van der Waals surface area contributed by atoms with E-state index in [2.05, 4.69) is 55.5 Å². The van der Waals surface area contributed by atoms with Gasteiger partial charge < -0.3 is 9.88 Å². The Bertz CT molecular complexity index is 621. The van der Waals surface area contributed by atoms with Crippen molar-refractivity contribution in [3.8, 4) is 0 Å². The molecule has 0 aliphatic rings. The topological polar surface area (TPSA) is 34.0 Å². The average molecular weight is 406 g/mol. The molecule has 2 aromatic heterocycles. The zero-order valence-electron chi connectivity index (χ0n) is 10.5. The fourth-order valence-corrected chi connectivity index (χ4v) is 3.85. The Hall–Kier alpha value is -0.430. The van der Waals surface area contributed by atoms with Gasteiger partial charge in [-0.15, -0.1) is 11.3 Å². The first-order valence-electron chi connectivity index (χ1n) is 5.87. The van der Waals surface area contributed by atoms with Crippen molar-refractivity contribution in [2.24, 2.45) is 0 Å². The second-order valence-electron chi connectivity index (χ2n) is 4.21. The number of hydrogen-bond acceptors (Lipinski definition) is 3. The van der Waals surface area contributed by atoms with E-state index in [9.17, 15) is 4.79 Å². The van der Waals surface area contributed by atoms with Crippen molar-refractivity contribution in [2.45, 2.75) is 20.0 Å². The second-order valence-corrected chi connectivity index (χ2v) is 6.98. The maximum absolute atomic E-state index is 11.9.